The minimum absolute atomic E-state index is 0.135. The highest BCUT2D eigenvalue weighted by atomic mass is 32.2. The van der Waals surface area contributed by atoms with E-state index in [1.807, 2.05) is 0 Å². The van der Waals surface area contributed by atoms with E-state index in [4.69, 9.17) is 0 Å². The third-order valence-corrected chi connectivity index (χ3v) is 5.05. The van der Waals surface area contributed by atoms with Gasteiger partial charge in [-0.05, 0) is 37.1 Å². The van der Waals surface area contributed by atoms with Crippen molar-refractivity contribution in [2.24, 2.45) is 0 Å². The number of amides is 1. The molecule has 1 fully saturated rings. The maximum Gasteiger partial charge on any atom is 0.243 e. The number of carbonyl (C=O) groups is 1. The molecule has 1 atom stereocenters. The van der Waals surface area contributed by atoms with Gasteiger partial charge in [-0.25, -0.2) is 8.42 Å². The zero-order chi connectivity index (χ0) is 14.8. The largest absolute Gasteiger partial charge is 0.392 e. The lowest BCUT2D eigenvalue weighted by atomic mass is 10.1. The molecule has 1 saturated heterocycles. The van der Waals surface area contributed by atoms with Crippen LogP contribution in [-0.4, -0.2) is 42.9 Å². The molecular formula is C13H18N2O4S. The Morgan fingerprint density at radius 1 is 1.35 bits per heavy atom. The second kappa shape index (κ2) is 5.90. The summed E-state index contributed by atoms with van der Waals surface area (Å²) in [6.45, 7) is 1.95. The van der Waals surface area contributed by atoms with Crippen LogP contribution in [0.25, 0.3) is 0 Å². The zero-order valence-electron chi connectivity index (χ0n) is 11.2. The molecule has 1 aromatic rings. The molecular weight excluding hydrogens is 280 g/mol. The van der Waals surface area contributed by atoms with Gasteiger partial charge in [0.15, 0.2) is 0 Å². The van der Waals surface area contributed by atoms with Crippen LogP contribution >= 0.6 is 0 Å². The average molecular weight is 298 g/mol. The smallest absolute Gasteiger partial charge is 0.243 e. The molecule has 0 unspecified atom stereocenters. The van der Waals surface area contributed by atoms with E-state index in [9.17, 15) is 18.3 Å². The highest BCUT2D eigenvalue weighted by molar-refractivity contribution is 7.89. The molecule has 110 valence electrons. The molecule has 1 aliphatic heterocycles. The first-order valence-corrected chi connectivity index (χ1v) is 7.89. The first-order valence-electron chi connectivity index (χ1n) is 6.45. The lowest BCUT2D eigenvalue weighted by molar-refractivity contribution is -0.114. The third-order valence-electron chi connectivity index (χ3n) is 3.17. The van der Waals surface area contributed by atoms with Gasteiger partial charge in [-0.15, -0.1) is 0 Å². The van der Waals surface area contributed by atoms with Crippen LogP contribution in [0.3, 0.4) is 0 Å². The highest BCUT2D eigenvalue weighted by Crippen LogP contribution is 2.22. The molecule has 1 heterocycles. The molecule has 0 aliphatic carbocycles. The molecule has 0 spiro atoms. The summed E-state index contributed by atoms with van der Waals surface area (Å²) in [7, 11) is -3.58. The van der Waals surface area contributed by atoms with Gasteiger partial charge in [-0.3, -0.25) is 4.79 Å². The summed E-state index contributed by atoms with van der Waals surface area (Å²) in [4.78, 5) is 11.1. The summed E-state index contributed by atoms with van der Waals surface area (Å²) in [6, 6.07) is 6.02. The Morgan fingerprint density at radius 3 is 2.55 bits per heavy atom. The predicted molar refractivity (Wildman–Crippen MR) is 74.7 cm³/mol. The highest BCUT2D eigenvalue weighted by Gasteiger charge is 2.29. The van der Waals surface area contributed by atoms with Gasteiger partial charge in [0.1, 0.15) is 0 Å². The standard InChI is InChI=1S/C13H18N2O4S/c1-10(16)14-11-4-6-13(7-5-11)20(18,19)15-8-2-3-12(17)9-15/h4-7,12,17H,2-3,8-9H2,1H3,(H,14,16)/t12-/m1/s1. The van der Waals surface area contributed by atoms with Gasteiger partial charge in [0.25, 0.3) is 0 Å². The molecule has 1 amide bonds. The number of aliphatic hydroxyl groups is 1. The van der Waals surface area contributed by atoms with Gasteiger partial charge in [0, 0.05) is 25.7 Å². The van der Waals surface area contributed by atoms with Crippen molar-refractivity contribution in [2.75, 3.05) is 18.4 Å². The number of hydrogen-bond donors (Lipinski definition) is 2. The summed E-state index contributed by atoms with van der Waals surface area (Å²) >= 11 is 0. The number of hydrogen-bond acceptors (Lipinski definition) is 4. The molecule has 0 radical (unpaired) electrons. The second-order valence-electron chi connectivity index (χ2n) is 4.86. The Bertz CT molecular complexity index is 583. The van der Waals surface area contributed by atoms with E-state index in [-0.39, 0.29) is 17.3 Å². The molecule has 6 nitrogen and oxygen atoms in total. The number of benzene rings is 1. The summed E-state index contributed by atoms with van der Waals surface area (Å²) in [5.74, 6) is -0.209. The topological polar surface area (TPSA) is 86.7 Å². The fourth-order valence-corrected chi connectivity index (χ4v) is 3.72. The van der Waals surface area contributed by atoms with E-state index in [0.717, 1.165) is 0 Å². The normalized spacial score (nSPS) is 20.6. The monoisotopic (exact) mass is 298 g/mol. The summed E-state index contributed by atoms with van der Waals surface area (Å²) in [5.41, 5.74) is 0.551. The number of anilines is 1. The van der Waals surface area contributed by atoms with Crippen LogP contribution in [-0.2, 0) is 14.8 Å². The Hall–Kier alpha value is -1.44. The van der Waals surface area contributed by atoms with Crippen LogP contribution in [0.5, 0.6) is 0 Å². The number of aliphatic hydroxyl groups excluding tert-OH is 1. The van der Waals surface area contributed by atoms with E-state index in [1.165, 1.54) is 23.4 Å². The minimum Gasteiger partial charge on any atom is -0.392 e. The first-order chi connectivity index (χ1) is 9.39. The fraction of sp³-hybridized carbons (Fsp3) is 0.462. The molecule has 20 heavy (non-hydrogen) atoms. The molecule has 0 bridgehead atoms. The van der Waals surface area contributed by atoms with Gasteiger partial charge in [0.05, 0.1) is 11.0 Å². The summed E-state index contributed by atoms with van der Waals surface area (Å²) in [5, 5.41) is 12.2. The van der Waals surface area contributed by atoms with Gasteiger partial charge in [0.2, 0.25) is 15.9 Å². The van der Waals surface area contributed by atoms with Crippen molar-refractivity contribution in [3.63, 3.8) is 0 Å². The molecule has 1 aliphatic rings. The predicted octanol–water partition coefficient (Wildman–Crippen LogP) is 0.790. The number of nitrogens with one attached hydrogen (secondary N) is 1. The number of carbonyl (C=O) groups excluding carboxylic acids is 1. The molecule has 1 aromatic carbocycles. The molecule has 2 N–H and O–H groups in total. The Labute approximate surface area is 118 Å². The Kier molecular flexibility index (Phi) is 4.42. The van der Waals surface area contributed by atoms with Crippen molar-refractivity contribution in [1.29, 1.82) is 0 Å². The second-order valence-corrected chi connectivity index (χ2v) is 6.80. The first kappa shape index (κ1) is 15.0. The lowest BCUT2D eigenvalue weighted by Gasteiger charge is -2.29. The quantitative estimate of drug-likeness (QED) is 0.864. The van der Waals surface area contributed by atoms with Crippen molar-refractivity contribution in [3.05, 3.63) is 24.3 Å². The van der Waals surface area contributed by atoms with Crippen LogP contribution in [0, 0.1) is 0 Å². The molecule has 2 rings (SSSR count). The number of nitrogens with zero attached hydrogens (tertiary/aromatic N) is 1. The van der Waals surface area contributed by atoms with Crippen molar-refractivity contribution >= 4 is 21.6 Å². The third kappa shape index (κ3) is 3.36. The maximum absolute atomic E-state index is 12.4. The van der Waals surface area contributed by atoms with Gasteiger partial charge in [-0.1, -0.05) is 0 Å². The number of β-amino-alcohol motifs (C(OH)–C–C–N with tert-alkyl or cyclic N) is 1. The molecule has 0 aromatic heterocycles. The van der Waals surface area contributed by atoms with Gasteiger partial charge in [-0.2, -0.15) is 4.31 Å². The Balaban J connectivity index is 2.19. The van der Waals surface area contributed by atoms with Gasteiger partial charge >= 0.3 is 0 Å². The zero-order valence-corrected chi connectivity index (χ0v) is 12.1. The maximum atomic E-state index is 12.4. The van der Waals surface area contributed by atoms with Crippen LogP contribution in [0.2, 0.25) is 0 Å². The van der Waals surface area contributed by atoms with E-state index in [0.29, 0.717) is 25.1 Å². The number of rotatable bonds is 3. The van der Waals surface area contributed by atoms with E-state index < -0.39 is 16.1 Å². The number of piperidine rings is 1. The summed E-state index contributed by atoms with van der Waals surface area (Å²) < 4.78 is 26.1. The van der Waals surface area contributed by atoms with Gasteiger partial charge < -0.3 is 10.4 Å². The fourth-order valence-electron chi connectivity index (χ4n) is 2.20. The average Bonchev–Trinajstić information content (AvgIpc) is 2.38. The Morgan fingerprint density at radius 2 is 2.00 bits per heavy atom. The summed E-state index contributed by atoms with van der Waals surface area (Å²) in [6.07, 6.45) is 0.690. The number of sulfonamides is 1. The van der Waals surface area contributed by atoms with Crippen molar-refractivity contribution < 1.29 is 18.3 Å². The van der Waals surface area contributed by atoms with Crippen LogP contribution in [0.1, 0.15) is 19.8 Å². The van der Waals surface area contributed by atoms with Crippen molar-refractivity contribution in [3.8, 4) is 0 Å². The van der Waals surface area contributed by atoms with Crippen molar-refractivity contribution in [1.82, 2.24) is 4.31 Å². The van der Waals surface area contributed by atoms with Crippen molar-refractivity contribution in [2.45, 2.75) is 30.8 Å². The minimum atomic E-state index is -3.58. The van der Waals surface area contributed by atoms with Crippen LogP contribution in [0.4, 0.5) is 5.69 Å². The van der Waals surface area contributed by atoms with E-state index in [1.54, 1.807) is 12.1 Å². The van der Waals surface area contributed by atoms with Crippen LogP contribution < -0.4 is 5.32 Å². The van der Waals surface area contributed by atoms with E-state index in [2.05, 4.69) is 5.32 Å². The van der Waals surface area contributed by atoms with E-state index >= 15 is 0 Å². The van der Waals surface area contributed by atoms with Crippen LogP contribution in [0.15, 0.2) is 29.2 Å². The molecule has 7 heteroatoms. The molecule has 0 saturated carbocycles. The lowest BCUT2D eigenvalue weighted by Crippen LogP contribution is -2.42. The SMILES string of the molecule is CC(=O)Nc1ccc(S(=O)(=O)N2CCC[C@@H](O)C2)cc1.